The number of halogens is 1. The van der Waals surface area contributed by atoms with Gasteiger partial charge in [-0.05, 0) is 48.7 Å². The van der Waals surface area contributed by atoms with Crippen LogP contribution < -0.4 is 10.6 Å². The lowest BCUT2D eigenvalue weighted by atomic mass is 9.95. The van der Waals surface area contributed by atoms with Crippen LogP contribution in [-0.4, -0.2) is 47.8 Å². The van der Waals surface area contributed by atoms with E-state index in [0.717, 1.165) is 16.8 Å². The molecule has 0 spiro atoms. The average molecular weight is 453 g/mol. The van der Waals surface area contributed by atoms with Gasteiger partial charge in [-0.25, -0.2) is 4.79 Å². The first-order chi connectivity index (χ1) is 15.3. The fraction of sp³-hybridized carbons (Fsp3) is 0.292. The second-order valence-corrected chi connectivity index (χ2v) is 8.55. The van der Waals surface area contributed by atoms with Crippen molar-refractivity contribution in [3.05, 3.63) is 75.4 Å². The van der Waals surface area contributed by atoms with Gasteiger partial charge in [-0.15, -0.1) is 0 Å². The maximum Gasteiger partial charge on any atom is 0.322 e. The summed E-state index contributed by atoms with van der Waals surface area (Å²) >= 11 is 6.35. The number of nitrogens with one attached hydrogen (secondary N) is 2. The Bertz CT molecular complexity index is 1140. The molecule has 0 radical (unpaired) electrons. The minimum absolute atomic E-state index is 0.154. The standard InChI is InChI=1S/C24H25ClN4O3/c1-14-8-9-16(12-15(14)2)26-20(30)10-11-29-13-19-21(23(29)31)22(27-24(32)28(19)3)17-6-4-5-7-18(17)25/h4-9,12,22H,10-11,13H2,1-3H3,(H,26,30)(H,27,32). The Balaban J connectivity index is 1.47. The van der Waals surface area contributed by atoms with Crippen LogP contribution in [0.1, 0.15) is 29.2 Å². The number of nitrogens with zero attached hydrogens (tertiary/aromatic N) is 2. The molecule has 0 fully saturated rings. The van der Waals surface area contributed by atoms with Crippen molar-refractivity contribution in [1.29, 1.82) is 0 Å². The van der Waals surface area contributed by atoms with E-state index in [-0.39, 0.29) is 37.4 Å². The minimum Gasteiger partial charge on any atom is -0.332 e. The topological polar surface area (TPSA) is 81.8 Å². The smallest absolute Gasteiger partial charge is 0.322 e. The predicted molar refractivity (Wildman–Crippen MR) is 123 cm³/mol. The summed E-state index contributed by atoms with van der Waals surface area (Å²) in [6.45, 7) is 4.53. The zero-order valence-electron chi connectivity index (χ0n) is 18.2. The Morgan fingerprint density at radius 1 is 1.16 bits per heavy atom. The first kappa shape index (κ1) is 21.9. The van der Waals surface area contributed by atoms with Crippen molar-refractivity contribution in [2.75, 3.05) is 25.5 Å². The third kappa shape index (κ3) is 4.08. The van der Waals surface area contributed by atoms with E-state index >= 15 is 0 Å². The van der Waals surface area contributed by atoms with E-state index in [1.807, 2.05) is 38.1 Å². The molecular weight excluding hydrogens is 428 g/mol. The third-order valence-corrected chi connectivity index (χ3v) is 6.40. The van der Waals surface area contributed by atoms with Crippen LogP contribution in [0.5, 0.6) is 0 Å². The maximum atomic E-state index is 13.3. The number of hydrogen-bond donors (Lipinski definition) is 2. The highest BCUT2D eigenvalue weighted by Gasteiger charge is 2.43. The van der Waals surface area contributed by atoms with Gasteiger partial charge >= 0.3 is 6.03 Å². The lowest BCUT2D eigenvalue weighted by Crippen LogP contribution is -2.45. The van der Waals surface area contributed by atoms with Crippen LogP contribution in [0, 0.1) is 13.8 Å². The van der Waals surface area contributed by atoms with Crippen LogP contribution in [0.25, 0.3) is 0 Å². The molecule has 0 aliphatic carbocycles. The van der Waals surface area contributed by atoms with Crippen molar-refractivity contribution in [1.82, 2.24) is 15.1 Å². The van der Waals surface area contributed by atoms with Crippen LogP contribution in [0.15, 0.2) is 53.7 Å². The van der Waals surface area contributed by atoms with Gasteiger partial charge in [-0.2, -0.15) is 0 Å². The summed E-state index contributed by atoms with van der Waals surface area (Å²) in [5, 5.41) is 6.24. The summed E-state index contributed by atoms with van der Waals surface area (Å²) in [4.78, 5) is 41.3. The molecule has 0 aromatic heterocycles. The monoisotopic (exact) mass is 452 g/mol. The molecule has 8 heteroatoms. The zero-order valence-corrected chi connectivity index (χ0v) is 19.0. The van der Waals surface area contributed by atoms with Crippen molar-refractivity contribution in [2.24, 2.45) is 0 Å². The first-order valence-corrected chi connectivity index (χ1v) is 10.8. The maximum absolute atomic E-state index is 13.3. The van der Waals surface area contributed by atoms with Gasteiger partial charge in [-0.1, -0.05) is 35.9 Å². The van der Waals surface area contributed by atoms with Gasteiger partial charge < -0.3 is 15.5 Å². The molecule has 2 aromatic carbocycles. The van der Waals surface area contributed by atoms with Crippen LogP contribution in [-0.2, 0) is 9.59 Å². The highest BCUT2D eigenvalue weighted by atomic mass is 35.5. The fourth-order valence-corrected chi connectivity index (χ4v) is 4.27. The Kier molecular flexibility index (Phi) is 5.93. The quantitative estimate of drug-likeness (QED) is 0.724. The summed E-state index contributed by atoms with van der Waals surface area (Å²) < 4.78 is 0. The van der Waals surface area contributed by atoms with Gasteiger partial charge in [0.05, 0.1) is 23.9 Å². The van der Waals surface area contributed by atoms with Gasteiger partial charge in [0.2, 0.25) is 5.91 Å². The van der Waals surface area contributed by atoms with E-state index in [9.17, 15) is 14.4 Å². The molecule has 7 nitrogen and oxygen atoms in total. The normalized spacial score (nSPS) is 18.1. The molecule has 2 N–H and O–H groups in total. The van der Waals surface area contributed by atoms with Crippen molar-refractivity contribution >= 4 is 35.1 Å². The molecule has 0 bridgehead atoms. The summed E-state index contributed by atoms with van der Waals surface area (Å²) in [5.74, 6) is -0.369. The molecule has 2 aliphatic heterocycles. The van der Waals surface area contributed by atoms with Crippen LogP contribution in [0.4, 0.5) is 10.5 Å². The minimum atomic E-state index is -0.621. The zero-order chi connectivity index (χ0) is 23.0. The lowest BCUT2D eigenvalue weighted by Gasteiger charge is -2.31. The van der Waals surface area contributed by atoms with Crippen molar-refractivity contribution in [3.63, 3.8) is 0 Å². The molecule has 2 aromatic rings. The molecule has 32 heavy (non-hydrogen) atoms. The summed E-state index contributed by atoms with van der Waals surface area (Å²) in [6, 6.07) is 12.0. The lowest BCUT2D eigenvalue weighted by molar-refractivity contribution is -0.126. The van der Waals surface area contributed by atoms with Gasteiger partial charge in [-0.3, -0.25) is 14.5 Å². The molecule has 4 amide bonds. The number of aryl methyl sites for hydroxylation is 2. The number of rotatable bonds is 5. The summed E-state index contributed by atoms with van der Waals surface area (Å²) in [6.07, 6.45) is 0.154. The van der Waals surface area contributed by atoms with Crippen molar-refractivity contribution in [3.8, 4) is 0 Å². The number of likely N-dealkylation sites (N-methyl/N-ethyl adjacent to an activating group) is 1. The number of benzene rings is 2. The third-order valence-electron chi connectivity index (χ3n) is 6.05. The van der Waals surface area contributed by atoms with Gasteiger partial charge in [0.1, 0.15) is 0 Å². The number of hydrogen-bond acceptors (Lipinski definition) is 3. The van der Waals surface area contributed by atoms with Crippen LogP contribution in [0.3, 0.4) is 0 Å². The number of amides is 4. The molecule has 0 saturated heterocycles. The molecule has 1 unspecified atom stereocenters. The molecular formula is C24H25ClN4O3. The van der Waals surface area contributed by atoms with Gasteiger partial charge in [0.25, 0.3) is 5.91 Å². The second-order valence-electron chi connectivity index (χ2n) is 8.15. The molecule has 0 saturated carbocycles. The average Bonchev–Trinajstić information content (AvgIpc) is 3.09. The van der Waals surface area contributed by atoms with E-state index in [2.05, 4.69) is 10.6 Å². The number of carbonyl (C=O) groups is 3. The summed E-state index contributed by atoms with van der Waals surface area (Å²) in [7, 11) is 1.64. The Morgan fingerprint density at radius 3 is 2.62 bits per heavy atom. The number of urea groups is 1. The van der Waals surface area contributed by atoms with Crippen LogP contribution >= 0.6 is 11.6 Å². The molecule has 1 atom stereocenters. The predicted octanol–water partition coefficient (Wildman–Crippen LogP) is 3.78. The second kappa shape index (κ2) is 8.67. The Hall–Kier alpha value is -3.32. The van der Waals surface area contributed by atoms with E-state index in [4.69, 9.17) is 11.6 Å². The van der Waals surface area contributed by atoms with E-state index in [0.29, 0.717) is 21.9 Å². The largest absolute Gasteiger partial charge is 0.332 e. The number of carbonyl (C=O) groups excluding carboxylic acids is 3. The van der Waals surface area contributed by atoms with E-state index < -0.39 is 6.04 Å². The SMILES string of the molecule is Cc1ccc(NC(=O)CCN2CC3=C(C2=O)C(c2ccccc2Cl)NC(=O)N3C)cc1C. The fourth-order valence-electron chi connectivity index (χ4n) is 4.03. The molecule has 2 aliphatic rings. The highest BCUT2D eigenvalue weighted by Crippen LogP contribution is 2.37. The van der Waals surface area contributed by atoms with Gasteiger partial charge in [0, 0.05) is 30.7 Å². The molecule has 2 heterocycles. The van der Waals surface area contributed by atoms with Gasteiger partial charge in [0.15, 0.2) is 0 Å². The van der Waals surface area contributed by atoms with Crippen molar-refractivity contribution in [2.45, 2.75) is 26.3 Å². The van der Waals surface area contributed by atoms with Crippen molar-refractivity contribution < 1.29 is 14.4 Å². The first-order valence-electron chi connectivity index (χ1n) is 10.4. The van der Waals surface area contributed by atoms with E-state index in [1.54, 1.807) is 30.1 Å². The summed E-state index contributed by atoms with van der Waals surface area (Å²) in [5.41, 5.74) is 4.79. The Morgan fingerprint density at radius 2 is 1.91 bits per heavy atom. The Labute approximate surface area is 192 Å². The van der Waals surface area contributed by atoms with Crippen LogP contribution in [0.2, 0.25) is 5.02 Å². The molecule has 166 valence electrons. The molecule has 4 rings (SSSR count). The van der Waals surface area contributed by atoms with E-state index in [1.165, 1.54) is 4.90 Å². The number of anilines is 1. The highest BCUT2D eigenvalue weighted by molar-refractivity contribution is 6.31.